The van der Waals surface area contributed by atoms with Gasteiger partial charge >= 0.3 is 5.97 Å². The van der Waals surface area contributed by atoms with Crippen LogP contribution in [0.1, 0.15) is 20.0 Å². The minimum absolute atomic E-state index is 0.248. The summed E-state index contributed by atoms with van der Waals surface area (Å²) in [5.74, 6) is -0.963. The van der Waals surface area contributed by atoms with E-state index in [0.29, 0.717) is 10.4 Å². The number of benzene rings is 1. The molecule has 2 rings (SSSR count). The van der Waals surface area contributed by atoms with Crippen LogP contribution in [-0.4, -0.2) is 17.4 Å². The second-order valence-corrected chi connectivity index (χ2v) is 4.15. The molecule has 0 spiro atoms. The molecule has 0 bridgehead atoms. The van der Waals surface area contributed by atoms with Gasteiger partial charge < -0.3 is 5.11 Å². The second-order valence-electron chi connectivity index (χ2n) is 3.21. The van der Waals surface area contributed by atoms with Crippen LogP contribution in [-0.2, 0) is 0 Å². The Kier molecular flexibility index (Phi) is 2.83. The number of thiophene rings is 1. The summed E-state index contributed by atoms with van der Waals surface area (Å²) in [6, 6.07) is 8.44. The molecule has 0 atom stereocenters. The number of carboxylic acids is 1. The quantitative estimate of drug-likeness (QED) is 0.828. The van der Waals surface area contributed by atoms with E-state index in [-0.39, 0.29) is 5.56 Å². The van der Waals surface area contributed by atoms with E-state index >= 15 is 0 Å². The fourth-order valence-electron chi connectivity index (χ4n) is 1.48. The molecule has 1 aromatic carbocycles. The second kappa shape index (κ2) is 4.28. The van der Waals surface area contributed by atoms with Gasteiger partial charge in [-0.05, 0) is 28.6 Å². The minimum atomic E-state index is -0.963. The molecule has 0 amide bonds. The number of aldehydes is 1. The van der Waals surface area contributed by atoms with Gasteiger partial charge in [-0.15, -0.1) is 11.3 Å². The predicted molar refractivity (Wildman–Crippen MR) is 62.1 cm³/mol. The summed E-state index contributed by atoms with van der Waals surface area (Å²) >= 11 is 1.30. The van der Waals surface area contributed by atoms with Crippen LogP contribution in [0, 0.1) is 0 Å². The highest BCUT2D eigenvalue weighted by Crippen LogP contribution is 2.27. The summed E-state index contributed by atoms with van der Waals surface area (Å²) < 4.78 is 0. The van der Waals surface area contributed by atoms with Crippen molar-refractivity contribution in [1.82, 2.24) is 0 Å². The summed E-state index contributed by atoms with van der Waals surface area (Å²) in [5.41, 5.74) is 1.65. The normalized spacial score (nSPS) is 10.0. The standard InChI is InChI=1S/C12H8O3S/c13-6-9-5-8(7-16-9)10-3-1-2-4-11(10)12(14)15/h1-7H,(H,14,15). The molecule has 3 nitrogen and oxygen atoms in total. The molecule has 1 N–H and O–H groups in total. The highest BCUT2D eigenvalue weighted by molar-refractivity contribution is 7.12. The lowest BCUT2D eigenvalue weighted by molar-refractivity contribution is 0.0697. The third-order valence-electron chi connectivity index (χ3n) is 2.20. The van der Waals surface area contributed by atoms with Gasteiger partial charge in [0.1, 0.15) is 0 Å². The maximum atomic E-state index is 11.0. The van der Waals surface area contributed by atoms with Crippen LogP contribution in [0.15, 0.2) is 35.7 Å². The molecule has 1 aromatic heterocycles. The lowest BCUT2D eigenvalue weighted by atomic mass is 10.0. The molecule has 4 heteroatoms. The van der Waals surface area contributed by atoms with E-state index in [1.807, 2.05) is 0 Å². The van der Waals surface area contributed by atoms with E-state index in [0.717, 1.165) is 11.8 Å². The van der Waals surface area contributed by atoms with E-state index in [4.69, 9.17) is 5.11 Å². The van der Waals surface area contributed by atoms with Gasteiger partial charge in [-0.25, -0.2) is 4.79 Å². The Morgan fingerprint density at radius 3 is 2.69 bits per heavy atom. The molecule has 0 radical (unpaired) electrons. The molecule has 0 aliphatic rings. The van der Waals surface area contributed by atoms with Crippen molar-refractivity contribution >= 4 is 23.6 Å². The SMILES string of the molecule is O=Cc1cc(-c2ccccc2C(=O)O)cs1. The van der Waals surface area contributed by atoms with Crippen molar-refractivity contribution in [2.24, 2.45) is 0 Å². The van der Waals surface area contributed by atoms with Gasteiger partial charge in [-0.2, -0.15) is 0 Å². The van der Waals surface area contributed by atoms with Crippen molar-refractivity contribution in [2.75, 3.05) is 0 Å². The summed E-state index contributed by atoms with van der Waals surface area (Å²) in [6.07, 6.45) is 0.761. The molecule has 0 aliphatic carbocycles. The van der Waals surface area contributed by atoms with Crippen LogP contribution in [0.5, 0.6) is 0 Å². The van der Waals surface area contributed by atoms with Crippen molar-refractivity contribution in [1.29, 1.82) is 0 Å². The van der Waals surface area contributed by atoms with Crippen LogP contribution in [0.25, 0.3) is 11.1 Å². The monoisotopic (exact) mass is 232 g/mol. The average Bonchev–Trinajstić information content (AvgIpc) is 2.77. The summed E-state index contributed by atoms with van der Waals surface area (Å²) in [5, 5.41) is 10.8. The zero-order valence-electron chi connectivity index (χ0n) is 8.21. The van der Waals surface area contributed by atoms with Gasteiger partial charge in [-0.1, -0.05) is 18.2 Å². The molecule has 0 fully saturated rings. The summed E-state index contributed by atoms with van der Waals surface area (Å²) in [4.78, 5) is 22.2. The molecule has 0 aliphatic heterocycles. The van der Waals surface area contributed by atoms with Crippen molar-refractivity contribution in [3.63, 3.8) is 0 Å². The van der Waals surface area contributed by atoms with Gasteiger partial charge in [0, 0.05) is 0 Å². The molecule has 16 heavy (non-hydrogen) atoms. The van der Waals surface area contributed by atoms with Crippen LogP contribution >= 0.6 is 11.3 Å². The average molecular weight is 232 g/mol. The number of hydrogen-bond donors (Lipinski definition) is 1. The zero-order chi connectivity index (χ0) is 11.5. The first kappa shape index (κ1) is 10.6. The van der Waals surface area contributed by atoms with E-state index in [1.165, 1.54) is 11.3 Å². The van der Waals surface area contributed by atoms with Gasteiger partial charge in [0.2, 0.25) is 0 Å². The lowest BCUT2D eigenvalue weighted by Gasteiger charge is -2.02. The summed E-state index contributed by atoms with van der Waals surface area (Å²) in [6.45, 7) is 0. The fraction of sp³-hybridized carbons (Fsp3) is 0. The number of carbonyl (C=O) groups is 2. The first-order valence-electron chi connectivity index (χ1n) is 4.59. The van der Waals surface area contributed by atoms with Crippen LogP contribution < -0.4 is 0 Å². The number of carbonyl (C=O) groups excluding carboxylic acids is 1. The van der Waals surface area contributed by atoms with Crippen molar-refractivity contribution in [2.45, 2.75) is 0 Å². The molecule has 0 saturated heterocycles. The molecule has 2 aromatic rings. The maximum Gasteiger partial charge on any atom is 0.336 e. The van der Waals surface area contributed by atoms with E-state index in [2.05, 4.69) is 0 Å². The molecule has 80 valence electrons. The Bertz CT molecular complexity index is 543. The molecule has 1 heterocycles. The topological polar surface area (TPSA) is 54.4 Å². The van der Waals surface area contributed by atoms with Gasteiger partial charge in [-0.3, -0.25) is 4.79 Å². The highest BCUT2D eigenvalue weighted by Gasteiger charge is 2.11. The number of hydrogen-bond acceptors (Lipinski definition) is 3. The molecule has 0 saturated carbocycles. The Morgan fingerprint density at radius 1 is 1.31 bits per heavy atom. The van der Waals surface area contributed by atoms with Crippen molar-refractivity contribution < 1.29 is 14.7 Å². The third kappa shape index (κ3) is 1.87. The van der Waals surface area contributed by atoms with Crippen LogP contribution in [0.2, 0.25) is 0 Å². The Morgan fingerprint density at radius 2 is 2.06 bits per heavy atom. The van der Waals surface area contributed by atoms with E-state index in [9.17, 15) is 9.59 Å². The molecular formula is C12H8O3S. The van der Waals surface area contributed by atoms with Crippen molar-refractivity contribution in [3.05, 3.63) is 46.2 Å². The van der Waals surface area contributed by atoms with Gasteiger partial charge in [0.15, 0.2) is 6.29 Å². The first-order chi connectivity index (χ1) is 7.72. The van der Waals surface area contributed by atoms with E-state index < -0.39 is 5.97 Å². The third-order valence-corrected chi connectivity index (χ3v) is 3.06. The fourth-order valence-corrected chi connectivity index (χ4v) is 2.19. The number of carboxylic acid groups (broad SMARTS) is 1. The Balaban J connectivity index is 2.54. The Hall–Kier alpha value is -1.94. The van der Waals surface area contributed by atoms with E-state index in [1.54, 1.807) is 35.7 Å². The predicted octanol–water partition coefficient (Wildman–Crippen LogP) is 2.93. The zero-order valence-corrected chi connectivity index (χ0v) is 9.03. The van der Waals surface area contributed by atoms with Crippen LogP contribution in [0.4, 0.5) is 0 Å². The largest absolute Gasteiger partial charge is 0.478 e. The minimum Gasteiger partial charge on any atom is -0.478 e. The first-order valence-corrected chi connectivity index (χ1v) is 5.46. The lowest BCUT2D eigenvalue weighted by Crippen LogP contribution is -1.98. The summed E-state index contributed by atoms with van der Waals surface area (Å²) in [7, 11) is 0. The van der Waals surface area contributed by atoms with Crippen molar-refractivity contribution in [3.8, 4) is 11.1 Å². The van der Waals surface area contributed by atoms with Crippen LogP contribution in [0.3, 0.4) is 0 Å². The maximum absolute atomic E-state index is 11.0. The highest BCUT2D eigenvalue weighted by atomic mass is 32.1. The van der Waals surface area contributed by atoms with Gasteiger partial charge in [0.05, 0.1) is 10.4 Å². The molecule has 0 unspecified atom stereocenters. The smallest absolute Gasteiger partial charge is 0.336 e. The number of rotatable bonds is 3. The number of aromatic carboxylic acids is 1. The van der Waals surface area contributed by atoms with Gasteiger partial charge in [0.25, 0.3) is 0 Å². The Labute approximate surface area is 96.0 Å². The molecular weight excluding hydrogens is 224 g/mol.